The van der Waals surface area contributed by atoms with E-state index in [4.69, 9.17) is 9.47 Å². The summed E-state index contributed by atoms with van der Waals surface area (Å²) in [6.45, 7) is 30.4. The van der Waals surface area contributed by atoms with Gasteiger partial charge in [0.1, 0.15) is 22.9 Å². The van der Waals surface area contributed by atoms with Crippen LogP contribution in [-0.4, -0.2) is 25.6 Å². The fraction of sp³-hybridized carbons (Fsp3) is 0.435. The SMILES string of the molecule is CCOc1ccccc1N=Cc1cc(C(C)(C)C)cc(C(C)(C)C)c1[O-].CCOc1ccccc1N=Cc1cc(C(C)(C)C)cc(C(C)(C)C)c1[O-].[O-2].[V+4]. The third-order valence-electron chi connectivity index (χ3n) is 8.60. The molecular weight excluding hydrogens is 711 g/mol. The van der Waals surface area contributed by atoms with Crippen molar-refractivity contribution in [2.75, 3.05) is 13.2 Å². The van der Waals surface area contributed by atoms with Gasteiger partial charge < -0.3 is 25.2 Å². The molecule has 4 aromatic rings. The van der Waals surface area contributed by atoms with Crippen molar-refractivity contribution in [1.82, 2.24) is 0 Å². The standard InChI is InChI=1S/2C23H31NO2.O.V/c2*1-8-26-20-12-10-9-11-19(20)24-15-16-13-17(22(2,3)4)14-18(21(16)25)23(5,6)7;;/h2*9-15,25H,8H2,1-7H3;;/q;;-2;+4/p-2. The van der Waals surface area contributed by atoms with Gasteiger partial charge in [-0.15, -0.1) is 0 Å². The summed E-state index contributed by atoms with van der Waals surface area (Å²) in [5, 5.41) is 26.0. The van der Waals surface area contributed by atoms with Crippen molar-refractivity contribution in [1.29, 1.82) is 0 Å². The minimum absolute atomic E-state index is 0. The van der Waals surface area contributed by atoms with Crippen LogP contribution in [0.1, 0.15) is 130 Å². The Bertz CT molecular complexity index is 1730. The second-order valence-corrected chi connectivity index (χ2v) is 17.2. The average molecular weight is 772 g/mol. The Labute approximate surface area is 337 Å². The fourth-order valence-electron chi connectivity index (χ4n) is 5.44. The van der Waals surface area contributed by atoms with E-state index >= 15 is 0 Å². The van der Waals surface area contributed by atoms with Crippen molar-refractivity contribution in [3.05, 3.63) is 106 Å². The van der Waals surface area contributed by atoms with E-state index in [1.54, 1.807) is 12.4 Å². The molecule has 0 aliphatic carbocycles. The van der Waals surface area contributed by atoms with Crippen molar-refractivity contribution in [3.8, 4) is 23.0 Å². The quantitative estimate of drug-likeness (QED) is 0.166. The molecule has 7 nitrogen and oxygen atoms in total. The molecule has 0 aromatic heterocycles. The Kier molecular flexibility index (Phi) is 17.3. The van der Waals surface area contributed by atoms with E-state index in [1.165, 1.54) is 0 Å². The molecule has 0 aliphatic rings. The molecule has 0 spiro atoms. The number of hydrogen-bond acceptors (Lipinski definition) is 6. The molecule has 0 saturated heterocycles. The van der Waals surface area contributed by atoms with Gasteiger partial charge in [-0.25, -0.2) is 0 Å². The van der Waals surface area contributed by atoms with Gasteiger partial charge >= 0.3 is 18.6 Å². The smallest absolute Gasteiger partial charge is 2.00 e. The summed E-state index contributed by atoms with van der Waals surface area (Å²) < 4.78 is 11.2. The largest absolute Gasteiger partial charge is 4.00 e. The minimum Gasteiger partial charge on any atom is -2.00 e. The topological polar surface area (TPSA) is 118 Å². The first-order chi connectivity index (χ1) is 24.1. The summed E-state index contributed by atoms with van der Waals surface area (Å²) in [6, 6.07) is 23.3. The number of ether oxygens (including phenoxy) is 2. The third kappa shape index (κ3) is 13.1. The summed E-state index contributed by atoms with van der Waals surface area (Å²) in [5.74, 6) is 1.54. The molecule has 4 rings (SSSR count). The van der Waals surface area contributed by atoms with Gasteiger partial charge in [-0.1, -0.05) is 143 Å². The summed E-state index contributed by atoms with van der Waals surface area (Å²) in [4.78, 5) is 9.10. The summed E-state index contributed by atoms with van der Waals surface area (Å²) in [5.41, 5.74) is 6.10. The molecule has 0 bridgehead atoms. The first kappa shape index (κ1) is 48.0. The summed E-state index contributed by atoms with van der Waals surface area (Å²) >= 11 is 0. The Hall–Kier alpha value is -4.04. The Morgan fingerprint density at radius 3 is 1.11 bits per heavy atom. The zero-order chi connectivity index (χ0) is 39.1. The van der Waals surface area contributed by atoms with Crippen LogP contribution in [0.4, 0.5) is 11.4 Å². The Morgan fingerprint density at radius 2 is 0.833 bits per heavy atom. The number of benzene rings is 4. The molecule has 0 heterocycles. The van der Waals surface area contributed by atoms with Crippen LogP contribution in [0.2, 0.25) is 0 Å². The number of hydrogen-bond donors (Lipinski definition) is 0. The molecule has 0 fully saturated rings. The molecule has 0 atom stereocenters. The maximum absolute atomic E-state index is 13.0. The molecule has 0 amide bonds. The van der Waals surface area contributed by atoms with Gasteiger partial charge in [-0.3, -0.25) is 9.98 Å². The monoisotopic (exact) mass is 771 g/mol. The average Bonchev–Trinajstić information content (AvgIpc) is 3.03. The normalized spacial score (nSPS) is 12.1. The molecule has 0 unspecified atom stereocenters. The van der Waals surface area contributed by atoms with E-state index in [1.807, 2.05) is 86.6 Å². The first-order valence-corrected chi connectivity index (χ1v) is 18.3. The molecule has 54 heavy (non-hydrogen) atoms. The number of para-hydroxylation sites is 4. The van der Waals surface area contributed by atoms with Crippen LogP contribution in [0, 0.1) is 0 Å². The molecule has 289 valence electrons. The van der Waals surface area contributed by atoms with Gasteiger partial charge in [0.2, 0.25) is 0 Å². The number of rotatable bonds is 8. The van der Waals surface area contributed by atoms with E-state index in [0.717, 1.165) is 45.1 Å². The molecule has 1 radical (unpaired) electrons. The molecule has 0 saturated carbocycles. The second kappa shape index (κ2) is 19.5. The predicted octanol–water partition coefficient (Wildman–Crippen LogP) is 10.9. The van der Waals surface area contributed by atoms with Crippen LogP contribution < -0.4 is 19.7 Å². The van der Waals surface area contributed by atoms with Gasteiger partial charge in [-0.05, 0) is 93.2 Å². The van der Waals surface area contributed by atoms with Crippen LogP contribution in [0.25, 0.3) is 0 Å². The minimum atomic E-state index is -0.218. The van der Waals surface area contributed by atoms with E-state index in [9.17, 15) is 10.2 Å². The fourth-order valence-corrected chi connectivity index (χ4v) is 5.44. The van der Waals surface area contributed by atoms with E-state index < -0.39 is 0 Å². The summed E-state index contributed by atoms with van der Waals surface area (Å²) in [6.07, 6.45) is 3.34. The van der Waals surface area contributed by atoms with Gasteiger partial charge in [0.15, 0.2) is 0 Å². The molecule has 8 heteroatoms. The van der Waals surface area contributed by atoms with Gasteiger partial charge in [0, 0.05) is 12.4 Å². The number of aliphatic imine (C=N–C) groups is 2. The third-order valence-corrected chi connectivity index (χ3v) is 8.60. The van der Waals surface area contributed by atoms with Gasteiger partial charge in [0.05, 0.1) is 13.2 Å². The van der Waals surface area contributed by atoms with Crippen LogP contribution in [0.5, 0.6) is 23.0 Å². The van der Waals surface area contributed by atoms with E-state index in [2.05, 4.69) is 93.1 Å². The predicted molar refractivity (Wildman–Crippen MR) is 217 cm³/mol. The maximum atomic E-state index is 13.0. The molecular formula is C46H60N2O5V. The molecule has 4 aromatic carbocycles. The molecule has 0 N–H and O–H groups in total. The van der Waals surface area contributed by atoms with Crippen LogP contribution in [0.15, 0.2) is 82.8 Å². The van der Waals surface area contributed by atoms with E-state index in [-0.39, 0.29) is 57.2 Å². The van der Waals surface area contributed by atoms with Crippen molar-refractivity contribution < 1.29 is 43.7 Å². The zero-order valence-electron chi connectivity index (χ0n) is 34.9. The summed E-state index contributed by atoms with van der Waals surface area (Å²) in [7, 11) is 0. The van der Waals surface area contributed by atoms with Crippen LogP contribution in [0.3, 0.4) is 0 Å². The van der Waals surface area contributed by atoms with Crippen molar-refractivity contribution in [3.63, 3.8) is 0 Å². The van der Waals surface area contributed by atoms with Crippen LogP contribution in [-0.2, 0) is 45.7 Å². The van der Waals surface area contributed by atoms with Gasteiger partial charge in [-0.2, -0.15) is 0 Å². The zero-order valence-corrected chi connectivity index (χ0v) is 36.3. The van der Waals surface area contributed by atoms with Crippen molar-refractivity contribution in [2.24, 2.45) is 9.98 Å². The Morgan fingerprint density at radius 1 is 0.519 bits per heavy atom. The van der Waals surface area contributed by atoms with Crippen LogP contribution >= 0.6 is 0 Å². The van der Waals surface area contributed by atoms with E-state index in [0.29, 0.717) is 24.3 Å². The van der Waals surface area contributed by atoms with Gasteiger partial charge in [0.25, 0.3) is 0 Å². The first-order valence-electron chi connectivity index (χ1n) is 18.3. The number of nitrogens with zero attached hydrogens (tertiary/aromatic N) is 2. The maximum Gasteiger partial charge on any atom is 4.00 e. The second-order valence-electron chi connectivity index (χ2n) is 17.2. The van der Waals surface area contributed by atoms with Crippen molar-refractivity contribution >= 4 is 23.8 Å². The van der Waals surface area contributed by atoms with Crippen molar-refractivity contribution in [2.45, 2.75) is 119 Å². The molecule has 0 aliphatic heterocycles. The Balaban J connectivity index is 0.000000521.